The van der Waals surface area contributed by atoms with Gasteiger partial charge in [-0.2, -0.15) is 4.98 Å². The van der Waals surface area contributed by atoms with E-state index in [4.69, 9.17) is 16.1 Å². The number of aryl methyl sites for hydroxylation is 1. The lowest BCUT2D eigenvalue weighted by Gasteiger charge is -2.32. The van der Waals surface area contributed by atoms with E-state index >= 15 is 0 Å². The zero-order chi connectivity index (χ0) is 21.2. The molecule has 0 unspecified atom stereocenters. The van der Waals surface area contributed by atoms with Crippen LogP contribution in [0.5, 0.6) is 0 Å². The second-order valence-electron chi connectivity index (χ2n) is 7.69. The minimum Gasteiger partial charge on any atom is -0.347 e. The van der Waals surface area contributed by atoms with Crippen LogP contribution in [0.4, 0.5) is 4.39 Å². The number of nitrogens with zero attached hydrogens (tertiary/aromatic N) is 4. The molecule has 0 spiro atoms. The molecule has 1 aliphatic rings. The molecule has 158 valence electrons. The number of aromatic nitrogens is 4. The predicted molar refractivity (Wildman–Crippen MR) is 115 cm³/mol. The van der Waals surface area contributed by atoms with Crippen molar-refractivity contribution < 1.29 is 8.91 Å². The van der Waals surface area contributed by atoms with E-state index < -0.39 is 5.82 Å². The lowest BCUT2D eigenvalue weighted by Crippen LogP contribution is -2.35. The lowest BCUT2D eigenvalue weighted by molar-refractivity contribution is 0.134. The van der Waals surface area contributed by atoms with E-state index in [1.54, 1.807) is 12.4 Å². The molecule has 0 saturated heterocycles. The summed E-state index contributed by atoms with van der Waals surface area (Å²) in [4.78, 5) is 14.6. The number of H-pyrrole nitrogens is 1. The molecule has 1 N–H and O–H groups in total. The normalized spacial score (nSPS) is 16.4. The summed E-state index contributed by atoms with van der Waals surface area (Å²) in [5.41, 5.74) is 4.09. The van der Waals surface area contributed by atoms with E-state index in [0.717, 1.165) is 37.3 Å². The van der Waals surface area contributed by atoms with Crippen molar-refractivity contribution in [3.05, 3.63) is 88.5 Å². The van der Waals surface area contributed by atoms with Gasteiger partial charge in [0, 0.05) is 18.5 Å². The standard InChI is InChI=1S/C23H21ClFN5O/c24-17-11-16(8-9-18(17)25)22-28-23(31-29-22)21-12-19-20(27-14-26-19)13-30(21)10-4-7-15-5-2-1-3-6-15/h1-3,5-6,8-9,11,14,21H,4,7,10,12-13H2,(H,26,27)/t21-/m0/s1. The minimum atomic E-state index is -0.475. The molecule has 6 nitrogen and oxygen atoms in total. The first-order valence-corrected chi connectivity index (χ1v) is 10.6. The molecule has 0 fully saturated rings. The van der Waals surface area contributed by atoms with E-state index in [9.17, 15) is 4.39 Å². The average Bonchev–Trinajstić information content (AvgIpc) is 3.45. The van der Waals surface area contributed by atoms with Crippen molar-refractivity contribution in [2.24, 2.45) is 0 Å². The molecule has 0 aliphatic carbocycles. The maximum atomic E-state index is 13.5. The second-order valence-corrected chi connectivity index (χ2v) is 8.10. The van der Waals surface area contributed by atoms with Crippen LogP contribution in [-0.2, 0) is 19.4 Å². The van der Waals surface area contributed by atoms with E-state index in [1.165, 1.54) is 17.7 Å². The van der Waals surface area contributed by atoms with Gasteiger partial charge in [0.25, 0.3) is 0 Å². The summed E-state index contributed by atoms with van der Waals surface area (Å²) < 4.78 is 19.1. The third-order valence-corrected chi connectivity index (χ3v) is 5.94. The Hall–Kier alpha value is -3.03. The zero-order valence-corrected chi connectivity index (χ0v) is 17.5. The Labute approximate surface area is 184 Å². The second kappa shape index (κ2) is 8.61. The SMILES string of the molecule is Fc1ccc(-c2noc([C@@H]3Cc4nc[nH]c4CN3CCCc3ccccc3)n2)cc1Cl. The number of hydrogen-bond acceptors (Lipinski definition) is 5. The molecular weight excluding hydrogens is 417 g/mol. The number of rotatable bonds is 6. The Morgan fingerprint density at radius 3 is 2.90 bits per heavy atom. The van der Waals surface area contributed by atoms with Gasteiger partial charge in [0.15, 0.2) is 0 Å². The quantitative estimate of drug-likeness (QED) is 0.460. The Morgan fingerprint density at radius 2 is 2.06 bits per heavy atom. The third kappa shape index (κ3) is 4.24. The molecule has 5 rings (SSSR count). The number of hydrogen-bond donors (Lipinski definition) is 1. The molecule has 0 amide bonds. The number of fused-ring (bicyclic) bond motifs is 1. The topological polar surface area (TPSA) is 70.8 Å². The van der Waals surface area contributed by atoms with Gasteiger partial charge in [0.1, 0.15) is 5.82 Å². The molecule has 3 heterocycles. The Morgan fingerprint density at radius 1 is 1.19 bits per heavy atom. The van der Waals surface area contributed by atoms with Gasteiger partial charge in [0.05, 0.1) is 28.8 Å². The predicted octanol–water partition coefficient (Wildman–Crippen LogP) is 4.98. The average molecular weight is 438 g/mol. The molecule has 4 aromatic rings. The summed E-state index contributed by atoms with van der Waals surface area (Å²) in [5, 5.41) is 4.15. The largest absolute Gasteiger partial charge is 0.347 e. The van der Waals surface area contributed by atoms with E-state index in [-0.39, 0.29) is 11.1 Å². The summed E-state index contributed by atoms with van der Waals surface area (Å²) in [5.74, 6) is 0.454. The zero-order valence-electron chi connectivity index (χ0n) is 16.8. The van der Waals surface area contributed by atoms with Crippen LogP contribution in [-0.4, -0.2) is 31.6 Å². The summed E-state index contributed by atoms with van der Waals surface area (Å²) in [6.07, 6.45) is 4.44. The highest BCUT2D eigenvalue weighted by Gasteiger charge is 2.32. The molecule has 0 radical (unpaired) electrons. The van der Waals surface area contributed by atoms with Crippen molar-refractivity contribution in [1.82, 2.24) is 25.0 Å². The van der Waals surface area contributed by atoms with E-state index in [1.807, 2.05) is 6.07 Å². The molecule has 0 saturated carbocycles. The number of imidazole rings is 1. The molecular formula is C23H21ClFN5O. The molecule has 1 aliphatic heterocycles. The van der Waals surface area contributed by atoms with Crippen LogP contribution < -0.4 is 0 Å². The first-order valence-electron chi connectivity index (χ1n) is 10.3. The minimum absolute atomic E-state index is 0.0326. The molecule has 31 heavy (non-hydrogen) atoms. The Kier molecular flexibility index (Phi) is 5.53. The highest BCUT2D eigenvalue weighted by molar-refractivity contribution is 6.31. The van der Waals surface area contributed by atoms with E-state index in [0.29, 0.717) is 23.7 Å². The summed E-state index contributed by atoms with van der Waals surface area (Å²) in [7, 11) is 0. The Balaban J connectivity index is 1.36. The van der Waals surface area contributed by atoms with Crippen LogP contribution in [0.15, 0.2) is 59.4 Å². The van der Waals surface area contributed by atoms with Crippen LogP contribution in [0.3, 0.4) is 0 Å². The van der Waals surface area contributed by atoms with Gasteiger partial charge in [0.2, 0.25) is 11.7 Å². The lowest BCUT2D eigenvalue weighted by atomic mass is 10.0. The fourth-order valence-corrected chi connectivity index (χ4v) is 4.20. The van der Waals surface area contributed by atoms with Crippen molar-refractivity contribution in [3.8, 4) is 11.4 Å². The van der Waals surface area contributed by atoms with Crippen LogP contribution in [0.25, 0.3) is 11.4 Å². The van der Waals surface area contributed by atoms with Crippen molar-refractivity contribution in [3.63, 3.8) is 0 Å². The summed E-state index contributed by atoms with van der Waals surface area (Å²) in [6, 6.07) is 14.8. The summed E-state index contributed by atoms with van der Waals surface area (Å²) in [6.45, 7) is 1.63. The maximum absolute atomic E-state index is 13.5. The van der Waals surface area contributed by atoms with E-state index in [2.05, 4.69) is 49.3 Å². The first kappa shape index (κ1) is 19.9. The highest BCUT2D eigenvalue weighted by atomic mass is 35.5. The van der Waals surface area contributed by atoms with Crippen molar-refractivity contribution in [1.29, 1.82) is 0 Å². The van der Waals surface area contributed by atoms with Gasteiger partial charge in [-0.1, -0.05) is 47.1 Å². The van der Waals surface area contributed by atoms with Gasteiger partial charge in [-0.25, -0.2) is 9.37 Å². The van der Waals surface area contributed by atoms with Gasteiger partial charge < -0.3 is 9.51 Å². The third-order valence-electron chi connectivity index (χ3n) is 5.65. The van der Waals surface area contributed by atoms with Crippen LogP contribution in [0, 0.1) is 5.82 Å². The van der Waals surface area contributed by atoms with Gasteiger partial charge in [-0.3, -0.25) is 4.90 Å². The number of aromatic amines is 1. The molecule has 2 aromatic heterocycles. The molecule has 8 heteroatoms. The Bertz CT molecular complexity index is 1180. The van der Waals surface area contributed by atoms with Crippen molar-refractivity contribution in [2.45, 2.75) is 31.8 Å². The smallest absolute Gasteiger partial charge is 0.244 e. The van der Waals surface area contributed by atoms with Crippen LogP contribution >= 0.6 is 11.6 Å². The fourth-order valence-electron chi connectivity index (χ4n) is 4.02. The summed E-state index contributed by atoms with van der Waals surface area (Å²) >= 11 is 5.91. The van der Waals surface area contributed by atoms with Gasteiger partial charge in [-0.05, 0) is 43.1 Å². The molecule has 1 atom stereocenters. The first-order chi connectivity index (χ1) is 15.2. The van der Waals surface area contributed by atoms with Crippen LogP contribution in [0.1, 0.15) is 35.3 Å². The molecule has 0 bridgehead atoms. The fraction of sp³-hybridized carbons (Fsp3) is 0.261. The maximum Gasteiger partial charge on any atom is 0.244 e. The van der Waals surface area contributed by atoms with Gasteiger partial charge >= 0.3 is 0 Å². The highest BCUT2D eigenvalue weighted by Crippen LogP contribution is 2.32. The number of halogens is 2. The molecule has 2 aromatic carbocycles. The van der Waals surface area contributed by atoms with Crippen molar-refractivity contribution in [2.75, 3.05) is 6.54 Å². The number of benzene rings is 2. The van der Waals surface area contributed by atoms with Crippen LogP contribution in [0.2, 0.25) is 5.02 Å². The van der Waals surface area contributed by atoms with Crippen molar-refractivity contribution >= 4 is 11.6 Å². The number of nitrogens with one attached hydrogen (secondary N) is 1. The van der Waals surface area contributed by atoms with Gasteiger partial charge in [-0.15, -0.1) is 0 Å². The monoisotopic (exact) mass is 437 g/mol.